The Morgan fingerprint density at radius 2 is 1.72 bits per heavy atom. The molecule has 196 valence electrons. The topological polar surface area (TPSA) is 55.1 Å². The first-order chi connectivity index (χ1) is 19.0. The van der Waals surface area contributed by atoms with Crippen molar-refractivity contribution in [1.82, 2.24) is 24.6 Å². The molecule has 2 amide bonds. The minimum absolute atomic E-state index is 0.0998. The average Bonchev–Trinajstić information content (AvgIpc) is 3.54. The van der Waals surface area contributed by atoms with Crippen molar-refractivity contribution in [2.75, 3.05) is 0 Å². The Kier molecular flexibility index (Phi) is 6.53. The smallest absolute Gasteiger partial charge is 0.318 e. The summed E-state index contributed by atoms with van der Waals surface area (Å²) in [6.45, 7) is 7.20. The van der Waals surface area contributed by atoms with Gasteiger partial charge in [0.05, 0.1) is 29.7 Å². The molecular weight excluding hydrogens is 482 g/mol. The second-order valence-electron chi connectivity index (χ2n) is 10.2. The van der Waals surface area contributed by atoms with E-state index in [2.05, 4.69) is 110 Å². The summed E-state index contributed by atoms with van der Waals surface area (Å²) in [6, 6.07) is 30.8. The number of benzene rings is 3. The van der Waals surface area contributed by atoms with Crippen LogP contribution >= 0.6 is 0 Å². The minimum atomic E-state index is -0.265. The van der Waals surface area contributed by atoms with Gasteiger partial charge in [0, 0.05) is 18.3 Å². The Morgan fingerprint density at radius 3 is 2.46 bits per heavy atom. The van der Waals surface area contributed by atoms with Crippen LogP contribution < -0.4 is 5.32 Å². The van der Waals surface area contributed by atoms with Crippen molar-refractivity contribution >= 4 is 6.03 Å². The predicted molar refractivity (Wildman–Crippen MR) is 154 cm³/mol. The van der Waals surface area contributed by atoms with Crippen LogP contribution in [0.2, 0.25) is 0 Å². The zero-order valence-corrected chi connectivity index (χ0v) is 22.6. The van der Waals surface area contributed by atoms with E-state index in [0.717, 1.165) is 51.6 Å². The molecule has 3 aromatic carbocycles. The van der Waals surface area contributed by atoms with E-state index in [0.29, 0.717) is 13.1 Å². The number of hydrogen-bond donors (Lipinski definition) is 1. The van der Waals surface area contributed by atoms with Gasteiger partial charge in [0.1, 0.15) is 5.82 Å². The zero-order valence-electron chi connectivity index (χ0n) is 22.6. The lowest BCUT2D eigenvalue weighted by Gasteiger charge is -2.31. The quantitative estimate of drug-likeness (QED) is 0.285. The van der Waals surface area contributed by atoms with Crippen molar-refractivity contribution in [2.24, 2.45) is 0 Å². The van der Waals surface area contributed by atoms with Gasteiger partial charge in [-0.2, -0.15) is 5.10 Å². The lowest BCUT2D eigenvalue weighted by atomic mass is 10.00. The number of nitrogens with one attached hydrogen (secondary N) is 1. The second kappa shape index (κ2) is 10.3. The third kappa shape index (κ3) is 4.63. The molecule has 1 N–H and O–H groups in total. The van der Waals surface area contributed by atoms with Crippen molar-refractivity contribution in [3.63, 3.8) is 0 Å². The van der Waals surface area contributed by atoms with Crippen LogP contribution in [0.25, 0.3) is 11.5 Å². The van der Waals surface area contributed by atoms with E-state index in [-0.39, 0.29) is 12.1 Å². The molecule has 0 aliphatic carbocycles. The molecule has 0 radical (unpaired) electrons. The maximum Gasteiger partial charge on any atom is 0.318 e. The molecule has 1 atom stereocenters. The normalized spacial score (nSPS) is 14.4. The SMILES string of the molecule is CCc1nn(-c2ccccc2)c2c1CN(C(=O)NCc1ccc(C)cc1)[C@@H](c1cccc(C)c1)c1cccn1-2. The van der Waals surface area contributed by atoms with Gasteiger partial charge in [-0.15, -0.1) is 0 Å². The van der Waals surface area contributed by atoms with Gasteiger partial charge in [-0.1, -0.05) is 84.8 Å². The van der Waals surface area contributed by atoms with Crippen LogP contribution in [0.5, 0.6) is 0 Å². The second-order valence-corrected chi connectivity index (χ2v) is 10.2. The number of amides is 2. The predicted octanol–water partition coefficient (Wildman–Crippen LogP) is 6.66. The van der Waals surface area contributed by atoms with Gasteiger partial charge in [0.2, 0.25) is 0 Å². The van der Waals surface area contributed by atoms with Gasteiger partial charge >= 0.3 is 6.03 Å². The third-order valence-electron chi connectivity index (χ3n) is 7.49. The van der Waals surface area contributed by atoms with Crippen LogP contribution in [-0.2, 0) is 19.5 Å². The minimum Gasteiger partial charge on any atom is -0.334 e. The first kappa shape index (κ1) is 24.7. The summed E-state index contributed by atoms with van der Waals surface area (Å²) < 4.78 is 4.24. The van der Waals surface area contributed by atoms with Crippen molar-refractivity contribution in [3.05, 3.63) is 136 Å². The molecule has 0 bridgehead atoms. The molecule has 2 aromatic heterocycles. The van der Waals surface area contributed by atoms with Gasteiger partial charge in [-0.3, -0.25) is 0 Å². The molecule has 6 nitrogen and oxygen atoms in total. The standard InChI is InChI=1S/C33H33N5O/c1-4-29-28-22-37(33(39)34-21-25-17-15-23(2)16-18-25)31(26-11-8-10-24(3)20-26)30-14-9-19-36(30)32(28)38(35-29)27-12-6-5-7-13-27/h5-20,31H,4,21-22H2,1-3H3,(H,34,39)/t31-/m0/s1. The number of nitrogens with zero attached hydrogens (tertiary/aromatic N) is 4. The Balaban J connectivity index is 1.49. The van der Waals surface area contributed by atoms with Gasteiger partial charge in [-0.05, 0) is 55.7 Å². The summed E-state index contributed by atoms with van der Waals surface area (Å²) in [7, 11) is 0. The van der Waals surface area contributed by atoms with Crippen LogP contribution in [0.3, 0.4) is 0 Å². The molecule has 0 fully saturated rings. The van der Waals surface area contributed by atoms with Crippen molar-refractivity contribution < 1.29 is 4.79 Å². The Bertz CT molecular complexity index is 1610. The highest BCUT2D eigenvalue weighted by Crippen LogP contribution is 2.38. The Hall–Kier alpha value is -4.58. The van der Waals surface area contributed by atoms with E-state index in [1.165, 1.54) is 5.56 Å². The lowest BCUT2D eigenvalue weighted by Crippen LogP contribution is -2.41. The van der Waals surface area contributed by atoms with E-state index < -0.39 is 0 Å². The van der Waals surface area contributed by atoms with Crippen molar-refractivity contribution in [1.29, 1.82) is 0 Å². The maximum absolute atomic E-state index is 14.1. The van der Waals surface area contributed by atoms with E-state index in [9.17, 15) is 4.79 Å². The molecule has 5 aromatic rings. The average molecular weight is 516 g/mol. The third-order valence-corrected chi connectivity index (χ3v) is 7.49. The monoisotopic (exact) mass is 515 g/mol. The lowest BCUT2D eigenvalue weighted by molar-refractivity contribution is 0.180. The fraction of sp³-hybridized carbons (Fsp3) is 0.212. The van der Waals surface area contributed by atoms with Crippen LogP contribution in [0.1, 0.15) is 52.2 Å². The van der Waals surface area contributed by atoms with Gasteiger partial charge in [0.15, 0.2) is 0 Å². The number of rotatable bonds is 5. The Labute approximate surface area is 229 Å². The molecule has 0 unspecified atom stereocenters. The maximum atomic E-state index is 14.1. The number of fused-ring (bicyclic) bond motifs is 3. The number of para-hydroxylation sites is 1. The molecule has 6 heteroatoms. The van der Waals surface area contributed by atoms with Crippen LogP contribution in [0.15, 0.2) is 97.2 Å². The number of carbonyl (C=O) groups excluding carboxylic acids is 1. The largest absolute Gasteiger partial charge is 0.334 e. The summed E-state index contributed by atoms with van der Waals surface area (Å²) in [5, 5.41) is 8.26. The summed E-state index contributed by atoms with van der Waals surface area (Å²) in [6.07, 6.45) is 2.86. The Morgan fingerprint density at radius 1 is 0.923 bits per heavy atom. The first-order valence-electron chi connectivity index (χ1n) is 13.5. The molecule has 1 aliphatic heterocycles. The van der Waals surface area contributed by atoms with Crippen molar-refractivity contribution in [3.8, 4) is 11.5 Å². The highest BCUT2D eigenvalue weighted by atomic mass is 16.2. The molecule has 0 saturated carbocycles. The molecule has 39 heavy (non-hydrogen) atoms. The summed E-state index contributed by atoms with van der Waals surface area (Å²) in [5.74, 6) is 0.990. The summed E-state index contributed by atoms with van der Waals surface area (Å²) >= 11 is 0. The fourth-order valence-electron chi connectivity index (χ4n) is 5.52. The summed E-state index contributed by atoms with van der Waals surface area (Å²) in [4.78, 5) is 16.0. The van der Waals surface area contributed by atoms with Gasteiger partial charge < -0.3 is 14.8 Å². The fourth-order valence-corrected chi connectivity index (χ4v) is 5.52. The van der Waals surface area contributed by atoms with E-state index in [1.807, 2.05) is 27.8 Å². The van der Waals surface area contributed by atoms with E-state index in [1.54, 1.807) is 0 Å². The van der Waals surface area contributed by atoms with Gasteiger partial charge in [0.25, 0.3) is 0 Å². The molecule has 1 aliphatic rings. The van der Waals surface area contributed by atoms with Crippen LogP contribution in [-0.4, -0.2) is 25.3 Å². The number of aromatic nitrogens is 3. The number of carbonyl (C=O) groups is 1. The molecular formula is C33H33N5O. The van der Waals surface area contributed by atoms with Gasteiger partial charge in [-0.25, -0.2) is 9.48 Å². The zero-order chi connectivity index (χ0) is 26.9. The van der Waals surface area contributed by atoms with Crippen LogP contribution in [0, 0.1) is 13.8 Å². The van der Waals surface area contributed by atoms with E-state index in [4.69, 9.17) is 5.10 Å². The highest BCUT2D eigenvalue weighted by Gasteiger charge is 2.36. The summed E-state index contributed by atoms with van der Waals surface area (Å²) in [5.41, 5.74) is 8.62. The highest BCUT2D eigenvalue weighted by molar-refractivity contribution is 5.76. The number of aryl methyl sites for hydroxylation is 3. The molecule has 6 rings (SSSR count). The van der Waals surface area contributed by atoms with Crippen molar-refractivity contribution in [2.45, 2.75) is 46.3 Å². The molecule has 3 heterocycles. The first-order valence-corrected chi connectivity index (χ1v) is 13.5. The number of hydrogen-bond acceptors (Lipinski definition) is 2. The molecule has 0 saturated heterocycles. The number of urea groups is 1. The van der Waals surface area contributed by atoms with Crippen LogP contribution in [0.4, 0.5) is 4.79 Å². The molecule has 0 spiro atoms. The van der Waals surface area contributed by atoms with E-state index >= 15 is 0 Å².